The summed E-state index contributed by atoms with van der Waals surface area (Å²) in [7, 11) is 1.62. The van der Waals surface area contributed by atoms with Crippen LogP contribution >= 0.6 is 0 Å². The minimum atomic E-state index is -0.114. The molecule has 31 heavy (non-hydrogen) atoms. The summed E-state index contributed by atoms with van der Waals surface area (Å²) in [5.74, 6) is 0.658. The predicted molar refractivity (Wildman–Crippen MR) is 125 cm³/mol. The van der Waals surface area contributed by atoms with Gasteiger partial charge in [-0.05, 0) is 69.0 Å². The maximum Gasteiger partial charge on any atom is 0.256 e. The first kappa shape index (κ1) is 22.7. The maximum absolute atomic E-state index is 13.2. The minimum Gasteiger partial charge on any atom is -0.497 e. The number of ether oxygens (including phenoxy) is 1. The van der Waals surface area contributed by atoms with Crippen LogP contribution in [0.25, 0.3) is 0 Å². The highest BCUT2D eigenvalue weighted by Crippen LogP contribution is 2.28. The van der Waals surface area contributed by atoms with Gasteiger partial charge in [0.2, 0.25) is 5.91 Å². The van der Waals surface area contributed by atoms with Crippen LogP contribution in [-0.2, 0) is 11.2 Å². The van der Waals surface area contributed by atoms with E-state index in [0.29, 0.717) is 24.3 Å². The summed E-state index contributed by atoms with van der Waals surface area (Å²) in [6, 6.07) is 13.2. The molecule has 0 unspecified atom stereocenters. The van der Waals surface area contributed by atoms with Crippen LogP contribution in [0, 0.1) is 0 Å². The van der Waals surface area contributed by atoms with Crippen LogP contribution in [0.4, 0.5) is 11.4 Å². The molecule has 0 atom stereocenters. The van der Waals surface area contributed by atoms with Crippen molar-refractivity contribution < 1.29 is 14.3 Å². The SMILES string of the molecule is CCN(CC)C(=O)c1cc(NC(=O)Cc2ccc(OC)cc2)ccc1N1CCCCC1. The number of piperidine rings is 1. The molecule has 0 bridgehead atoms. The Balaban J connectivity index is 1.80. The van der Waals surface area contributed by atoms with E-state index in [1.165, 1.54) is 6.42 Å². The molecule has 1 N–H and O–H groups in total. The van der Waals surface area contributed by atoms with Crippen molar-refractivity contribution in [2.24, 2.45) is 0 Å². The Labute approximate surface area is 185 Å². The third-order valence-corrected chi connectivity index (χ3v) is 5.78. The van der Waals surface area contributed by atoms with Gasteiger partial charge in [0, 0.05) is 37.6 Å². The van der Waals surface area contributed by atoms with Crippen molar-refractivity contribution in [2.75, 3.05) is 43.5 Å². The number of benzene rings is 2. The monoisotopic (exact) mass is 423 g/mol. The van der Waals surface area contributed by atoms with Gasteiger partial charge in [-0.1, -0.05) is 12.1 Å². The lowest BCUT2D eigenvalue weighted by atomic mass is 10.0. The highest BCUT2D eigenvalue weighted by Gasteiger charge is 2.22. The number of anilines is 2. The van der Waals surface area contributed by atoms with Crippen LogP contribution in [0.1, 0.15) is 49.0 Å². The lowest BCUT2D eigenvalue weighted by molar-refractivity contribution is -0.115. The first-order valence-electron chi connectivity index (χ1n) is 11.2. The summed E-state index contributed by atoms with van der Waals surface area (Å²) in [4.78, 5) is 30.0. The molecule has 166 valence electrons. The molecule has 0 aromatic heterocycles. The molecule has 6 nitrogen and oxygen atoms in total. The van der Waals surface area contributed by atoms with Gasteiger partial charge in [0.1, 0.15) is 5.75 Å². The lowest BCUT2D eigenvalue weighted by Crippen LogP contribution is -2.35. The Bertz CT molecular complexity index is 885. The summed E-state index contributed by atoms with van der Waals surface area (Å²) >= 11 is 0. The van der Waals surface area contributed by atoms with Gasteiger partial charge in [-0.2, -0.15) is 0 Å². The molecule has 1 aliphatic heterocycles. The standard InChI is InChI=1S/C25H33N3O3/c1-4-27(5-2)25(30)22-18-20(11-14-23(22)28-15-7-6-8-16-28)26-24(29)17-19-9-12-21(31-3)13-10-19/h9-14,18H,4-8,15-17H2,1-3H3,(H,26,29). The van der Waals surface area contributed by atoms with Gasteiger partial charge in [0.05, 0.1) is 19.1 Å². The van der Waals surface area contributed by atoms with Gasteiger partial charge in [-0.25, -0.2) is 0 Å². The van der Waals surface area contributed by atoms with Crippen LogP contribution < -0.4 is 15.0 Å². The van der Waals surface area contributed by atoms with Crippen LogP contribution in [0.3, 0.4) is 0 Å². The van der Waals surface area contributed by atoms with E-state index in [1.807, 2.05) is 61.2 Å². The van der Waals surface area contributed by atoms with Gasteiger partial charge in [0.25, 0.3) is 5.91 Å². The van der Waals surface area contributed by atoms with Crippen molar-refractivity contribution >= 4 is 23.2 Å². The van der Waals surface area contributed by atoms with Crippen molar-refractivity contribution in [3.8, 4) is 5.75 Å². The molecule has 2 amide bonds. The van der Waals surface area contributed by atoms with Gasteiger partial charge in [-0.15, -0.1) is 0 Å². The van der Waals surface area contributed by atoms with Crippen LogP contribution in [0.2, 0.25) is 0 Å². The van der Waals surface area contributed by atoms with E-state index in [-0.39, 0.29) is 18.2 Å². The molecule has 2 aromatic carbocycles. The van der Waals surface area contributed by atoms with Gasteiger partial charge in [-0.3, -0.25) is 9.59 Å². The van der Waals surface area contributed by atoms with Crippen molar-refractivity contribution in [1.29, 1.82) is 0 Å². The summed E-state index contributed by atoms with van der Waals surface area (Å²) in [6.07, 6.45) is 3.77. The number of carbonyl (C=O) groups excluding carboxylic acids is 2. The maximum atomic E-state index is 13.2. The van der Waals surface area contributed by atoms with E-state index in [2.05, 4.69) is 10.2 Å². The van der Waals surface area contributed by atoms with E-state index in [0.717, 1.165) is 42.9 Å². The van der Waals surface area contributed by atoms with Crippen molar-refractivity contribution in [2.45, 2.75) is 39.5 Å². The zero-order valence-electron chi connectivity index (χ0n) is 18.8. The second-order valence-electron chi connectivity index (χ2n) is 7.83. The fourth-order valence-corrected chi connectivity index (χ4v) is 4.01. The zero-order chi connectivity index (χ0) is 22.2. The topological polar surface area (TPSA) is 61.9 Å². The summed E-state index contributed by atoms with van der Waals surface area (Å²) in [5.41, 5.74) is 3.18. The van der Waals surface area contributed by atoms with Crippen molar-refractivity contribution in [3.05, 3.63) is 53.6 Å². The molecule has 3 rings (SSSR count). The average molecular weight is 424 g/mol. The van der Waals surface area contributed by atoms with E-state index < -0.39 is 0 Å². The van der Waals surface area contributed by atoms with Crippen molar-refractivity contribution in [1.82, 2.24) is 4.90 Å². The molecule has 1 aliphatic rings. The second-order valence-corrected chi connectivity index (χ2v) is 7.83. The van der Waals surface area contributed by atoms with Gasteiger partial charge < -0.3 is 19.9 Å². The van der Waals surface area contributed by atoms with Crippen LogP contribution in [0.15, 0.2) is 42.5 Å². The molecule has 6 heteroatoms. The first-order valence-corrected chi connectivity index (χ1v) is 11.2. The molecule has 0 spiro atoms. The van der Waals surface area contributed by atoms with Gasteiger partial charge in [0.15, 0.2) is 0 Å². The number of carbonyl (C=O) groups is 2. The number of amides is 2. The van der Waals surface area contributed by atoms with E-state index >= 15 is 0 Å². The van der Waals surface area contributed by atoms with E-state index in [1.54, 1.807) is 7.11 Å². The number of methoxy groups -OCH3 is 1. The quantitative estimate of drug-likeness (QED) is 0.686. The molecule has 2 aromatic rings. The lowest BCUT2D eigenvalue weighted by Gasteiger charge is -2.31. The number of rotatable bonds is 8. The summed E-state index contributed by atoms with van der Waals surface area (Å²) in [5, 5.41) is 2.96. The molecule has 0 radical (unpaired) electrons. The molecule has 1 fully saturated rings. The Morgan fingerprint density at radius 2 is 1.68 bits per heavy atom. The minimum absolute atomic E-state index is 0.0110. The Hall–Kier alpha value is -3.02. The van der Waals surface area contributed by atoms with E-state index in [9.17, 15) is 9.59 Å². The number of hydrogen-bond donors (Lipinski definition) is 1. The Morgan fingerprint density at radius 3 is 2.29 bits per heavy atom. The smallest absolute Gasteiger partial charge is 0.256 e. The molecule has 0 aliphatic carbocycles. The van der Waals surface area contributed by atoms with Gasteiger partial charge >= 0.3 is 0 Å². The molecule has 1 saturated heterocycles. The Kier molecular flexibility index (Phi) is 7.93. The number of hydrogen-bond acceptors (Lipinski definition) is 4. The molecule has 1 heterocycles. The number of nitrogens with one attached hydrogen (secondary N) is 1. The zero-order valence-corrected chi connectivity index (χ0v) is 18.8. The fraction of sp³-hybridized carbons (Fsp3) is 0.440. The average Bonchev–Trinajstić information content (AvgIpc) is 2.80. The third-order valence-electron chi connectivity index (χ3n) is 5.78. The second kappa shape index (κ2) is 10.8. The Morgan fingerprint density at radius 1 is 1.00 bits per heavy atom. The van der Waals surface area contributed by atoms with Crippen LogP contribution in [-0.4, -0.2) is 50.0 Å². The largest absolute Gasteiger partial charge is 0.497 e. The molecular formula is C25H33N3O3. The predicted octanol–water partition coefficient (Wildman–Crippen LogP) is 4.35. The summed E-state index contributed by atoms with van der Waals surface area (Å²) in [6.45, 7) is 7.21. The highest BCUT2D eigenvalue weighted by molar-refractivity contribution is 6.02. The van der Waals surface area contributed by atoms with E-state index in [4.69, 9.17) is 4.74 Å². The first-order chi connectivity index (χ1) is 15.0. The van der Waals surface area contributed by atoms with Crippen LogP contribution in [0.5, 0.6) is 5.75 Å². The highest BCUT2D eigenvalue weighted by atomic mass is 16.5. The third kappa shape index (κ3) is 5.78. The van der Waals surface area contributed by atoms with Crippen molar-refractivity contribution in [3.63, 3.8) is 0 Å². The molecular weight excluding hydrogens is 390 g/mol. The number of nitrogens with zero attached hydrogens (tertiary/aromatic N) is 2. The normalized spacial score (nSPS) is 13.6. The summed E-state index contributed by atoms with van der Waals surface area (Å²) < 4.78 is 5.16. The molecule has 0 saturated carbocycles. The fourth-order valence-electron chi connectivity index (χ4n) is 4.01.